The number of halogens is 2. The Labute approximate surface area is 91.8 Å². The second-order valence-electron chi connectivity index (χ2n) is 3.69. The first-order valence-corrected chi connectivity index (χ1v) is 5.03. The smallest absolute Gasteiger partial charge is 0.255 e. The van der Waals surface area contributed by atoms with Crippen molar-refractivity contribution in [3.8, 4) is 0 Å². The first-order valence-electron chi connectivity index (χ1n) is 5.03. The van der Waals surface area contributed by atoms with E-state index < -0.39 is 19.0 Å². The van der Waals surface area contributed by atoms with E-state index in [0.29, 0.717) is 5.56 Å². The van der Waals surface area contributed by atoms with E-state index in [2.05, 4.69) is 0 Å². The van der Waals surface area contributed by atoms with Crippen molar-refractivity contribution < 1.29 is 13.6 Å². The molecule has 0 saturated heterocycles. The first kappa shape index (κ1) is 11.0. The minimum Gasteiger partial charge on any atom is -0.328 e. The number of hydrogen-bond acceptors (Lipinski definition) is 2. The zero-order valence-electron chi connectivity index (χ0n) is 8.57. The summed E-state index contributed by atoms with van der Waals surface area (Å²) in [6.07, 6.45) is -2.53. The number of fused-ring (bicyclic) bond motifs is 1. The summed E-state index contributed by atoms with van der Waals surface area (Å²) in [5, 5.41) is 0. The lowest BCUT2D eigenvalue weighted by atomic mass is 10.1. The molecule has 0 spiro atoms. The first-order chi connectivity index (χ1) is 7.65. The molecule has 1 heterocycles. The molecule has 1 aromatic rings. The number of amides is 1. The molecule has 1 amide bonds. The van der Waals surface area contributed by atoms with Crippen LogP contribution in [0.2, 0.25) is 0 Å². The largest absolute Gasteiger partial charge is 0.328 e. The Hall–Kier alpha value is -1.49. The van der Waals surface area contributed by atoms with Crippen LogP contribution in [0.4, 0.5) is 8.78 Å². The lowest BCUT2D eigenvalue weighted by Gasteiger charge is -2.23. The fourth-order valence-corrected chi connectivity index (χ4v) is 2.06. The standard InChI is InChI=1S/C11H12F2N2O/c12-10(13)6-15-9(5-14)7-3-1-2-4-8(7)11(15)16/h1-4,9-10H,5-6,14H2. The third-order valence-corrected chi connectivity index (χ3v) is 2.75. The van der Waals surface area contributed by atoms with Gasteiger partial charge in [-0.15, -0.1) is 0 Å². The summed E-state index contributed by atoms with van der Waals surface area (Å²) in [6, 6.07) is 6.48. The van der Waals surface area contributed by atoms with Crippen molar-refractivity contribution in [2.24, 2.45) is 5.73 Å². The SMILES string of the molecule is NCC1c2ccccc2C(=O)N1CC(F)F. The summed E-state index contributed by atoms with van der Waals surface area (Å²) in [5.74, 6) is -0.355. The van der Waals surface area contributed by atoms with Gasteiger partial charge < -0.3 is 10.6 Å². The lowest BCUT2D eigenvalue weighted by Crippen LogP contribution is -2.35. The number of nitrogens with two attached hydrogens (primary N) is 1. The number of hydrogen-bond donors (Lipinski definition) is 1. The van der Waals surface area contributed by atoms with Crippen LogP contribution in [0.25, 0.3) is 0 Å². The summed E-state index contributed by atoms with van der Waals surface area (Å²) in [7, 11) is 0. The van der Waals surface area contributed by atoms with Crippen molar-refractivity contribution in [2.75, 3.05) is 13.1 Å². The monoisotopic (exact) mass is 226 g/mol. The number of carbonyl (C=O) groups is 1. The molecule has 2 N–H and O–H groups in total. The lowest BCUT2D eigenvalue weighted by molar-refractivity contribution is 0.0496. The molecular weight excluding hydrogens is 214 g/mol. The van der Waals surface area contributed by atoms with Gasteiger partial charge in [0.2, 0.25) is 0 Å². The van der Waals surface area contributed by atoms with Gasteiger partial charge in [-0.1, -0.05) is 18.2 Å². The summed E-state index contributed by atoms with van der Waals surface area (Å²) in [5.41, 5.74) is 6.77. The number of benzene rings is 1. The molecule has 1 aromatic carbocycles. The molecule has 0 aliphatic carbocycles. The Morgan fingerprint density at radius 3 is 2.69 bits per heavy atom. The van der Waals surface area contributed by atoms with Gasteiger partial charge in [0.25, 0.3) is 12.3 Å². The Kier molecular flexibility index (Phi) is 2.87. The maximum atomic E-state index is 12.4. The van der Waals surface area contributed by atoms with E-state index >= 15 is 0 Å². The quantitative estimate of drug-likeness (QED) is 0.847. The molecule has 1 aliphatic rings. The van der Waals surface area contributed by atoms with Gasteiger partial charge in [0, 0.05) is 12.1 Å². The molecule has 0 radical (unpaired) electrons. The highest BCUT2D eigenvalue weighted by Gasteiger charge is 2.36. The van der Waals surface area contributed by atoms with Gasteiger partial charge in [-0.3, -0.25) is 4.79 Å². The average molecular weight is 226 g/mol. The molecule has 1 aliphatic heterocycles. The minimum atomic E-state index is -2.53. The normalized spacial score (nSPS) is 19.4. The van der Waals surface area contributed by atoms with Crippen LogP contribution in [-0.2, 0) is 0 Å². The highest BCUT2D eigenvalue weighted by atomic mass is 19.3. The van der Waals surface area contributed by atoms with Crippen molar-refractivity contribution in [2.45, 2.75) is 12.5 Å². The van der Waals surface area contributed by atoms with Crippen molar-refractivity contribution in [1.29, 1.82) is 0 Å². The van der Waals surface area contributed by atoms with Crippen LogP contribution < -0.4 is 5.73 Å². The molecular formula is C11H12F2N2O. The summed E-state index contributed by atoms with van der Waals surface area (Å²) < 4.78 is 24.7. The van der Waals surface area contributed by atoms with E-state index in [1.54, 1.807) is 24.3 Å². The van der Waals surface area contributed by atoms with Crippen LogP contribution in [-0.4, -0.2) is 30.3 Å². The molecule has 0 aromatic heterocycles. The van der Waals surface area contributed by atoms with Crippen molar-refractivity contribution in [1.82, 2.24) is 4.90 Å². The highest BCUT2D eigenvalue weighted by Crippen LogP contribution is 2.32. The molecule has 0 bridgehead atoms. The minimum absolute atomic E-state index is 0.162. The Morgan fingerprint density at radius 2 is 2.06 bits per heavy atom. The predicted octanol–water partition coefficient (Wildman–Crippen LogP) is 1.41. The number of rotatable bonds is 3. The van der Waals surface area contributed by atoms with Gasteiger partial charge in [0.05, 0.1) is 12.6 Å². The van der Waals surface area contributed by atoms with Gasteiger partial charge in [-0.25, -0.2) is 8.78 Å². The Balaban J connectivity index is 2.35. The van der Waals surface area contributed by atoms with Crippen LogP contribution in [0.5, 0.6) is 0 Å². The molecule has 2 rings (SSSR count). The van der Waals surface area contributed by atoms with E-state index in [1.165, 1.54) is 0 Å². The maximum Gasteiger partial charge on any atom is 0.255 e. The van der Waals surface area contributed by atoms with E-state index in [-0.39, 0.29) is 12.5 Å². The summed E-state index contributed by atoms with van der Waals surface area (Å²) in [6.45, 7) is -0.398. The fourth-order valence-electron chi connectivity index (χ4n) is 2.06. The molecule has 0 saturated carbocycles. The molecule has 5 heteroatoms. The topological polar surface area (TPSA) is 46.3 Å². The van der Waals surface area contributed by atoms with Gasteiger partial charge in [-0.05, 0) is 11.6 Å². The predicted molar refractivity (Wildman–Crippen MR) is 55.3 cm³/mol. The van der Waals surface area contributed by atoms with Crippen LogP contribution in [0.1, 0.15) is 22.0 Å². The maximum absolute atomic E-state index is 12.4. The molecule has 3 nitrogen and oxygen atoms in total. The van der Waals surface area contributed by atoms with Crippen LogP contribution in [0, 0.1) is 0 Å². The summed E-state index contributed by atoms with van der Waals surface area (Å²) >= 11 is 0. The molecule has 86 valence electrons. The summed E-state index contributed by atoms with van der Waals surface area (Å²) in [4.78, 5) is 13.0. The molecule has 1 unspecified atom stereocenters. The molecule has 16 heavy (non-hydrogen) atoms. The third kappa shape index (κ3) is 1.67. The van der Waals surface area contributed by atoms with Gasteiger partial charge in [-0.2, -0.15) is 0 Å². The van der Waals surface area contributed by atoms with E-state index in [4.69, 9.17) is 5.73 Å². The number of carbonyl (C=O) groups excluding carboxylic acids is 1. The van der Waals surface area contributed by atoms with E-state index in [9.17, 15) is 13.6 Å². The van der Waals surface area contributed by atoms with E-state index in [0.717, 1.165) is 10.5 Å². The van der Waals surface area contributed by atoms with Crippen molar-refractivity contribution >= 4 is 5.91 Å². The second kappa shape index (κ2) is 4.17. The molecule has 0 fully saturated rings. The van der Waals surface area contributed by atoms with Gasteiger partial charge >= 0.3 is 0 Å². The Morgan fingerprint density at radius 1 is 1.38 bits per heavy atom. The average Bonchev–Trinajstić information content (AvgIpc) is 2.52. The van der Waals surface area contributed by atoms with Crippen molar-refractivity contribution in [3.63, 3.8) is 0 Å². The third-order valence-electron chi connectivity index (χ3n) is 2.75. The molecule has 1 atom stereocenters. The van der Waals surface area contributed by atoms with Crippen LogP contribution >= 0.6 is 0 Å². The zero-order valence-corrected chi connectivity index (χ0v) is 8.57. The highest BCUT2D eigenvalue weighted by molar-refractivity contribution is 5.99. The van der Waals surface area contributed by atoms with Crippen LogP contribution in [0.15, 0.2) is 24.3 Å². The zero-order chi connectivity index (χ0) is 11.7. The van der Waals surface area contributed by atoms with Crippen LogP contribution in [0.3, 0.4) is 0 Å². The fraction of sp³-hybridized carbons (Fsp3) is 0.364. The van der Waals surface area contributed by atoms with E-state index in [1.807, 2.05) is 0 Å². The van der Waals surface area contributed by atoms with Gasteiger partial charge in [0.15, 0.2) is 0 Å². The number of nitrogens with zero attached hydrogens (tertiary/aromatic N) is 1. The second-order valence-corrected chi connectivity index (χ2v) is 3.69. The Bertz CT molecular complexity index is 409. The van der Waals surface area contributed by atoms with Crippen molar-refractivity contribution in [3.05, 3.63) is 35.4 Å². The number of alkyl halides is 2. The van der Waals surface area contributed by atoms with Gasteiger partial charge in [0.1, 0.15) is 0 Å².